The molecule has 0 bridgehead atoms. The van der Waals surface area contributed by atoms with Gasteiger partial charge < -0.3 is 10.6 Å². The average Bonchev–Trinajstić information content (AvgIpc) is 2.66. The van der Waals surface area contributed by atoms with Crippen molar-refractivity contribution in [1.29, 1.82) is 0 Å². The average molecular weight is 338 g/mol. The van der Waals surface area contributed by atoms with Gasteiger partial charge in [-0.3, -0.25) is 0 Å². The molecule has 0 radical (unpaired) electrons. The Morgan fingerprint density at radius 3 is 2.00 bits per heavy atom. The van der Waals surface area contributed by atoms with Gasteiger partial charge in [0, 0.05) is 5.69 Å². The van der Waals surface area contributed by atoms with E-state index in [4.69, 9.17) is 0 Å². The van der Waals surface area contributed by atoms with Crippen LogP contribution < -0.4 is 10.6 Å². The first kappa shape index (κ1) is 19.0. The molecule has 0 saturated heterocycles. The summed E-state index contributed by atoms with van der Waals surface area (Å²) in [4.78, 5) is 12.3. The summed E-state index contributed by atoms with van der Waals surface area (Å²) < 4.78 is 0. The SMILES string of the molecule is CCc1ccc(NC(=O)NC(CC)c2ccc(C(C)CC)cc2)cc1. The number of nitrogens with one attached hydrogen (secondary N) is 2. The monoisotopic (exact) mass is 338 g/mol. The van der Waals surface area contributed by atoms with Gasteiger partial charge in [0.2, 0.25) is 0 Å². The summed E-state index contributed by atoms with van der Waals surface area (Å²) in [5.74, 6) is 0.566. The normalized spacial score (nSPS) is 13.1. The second kappa shape index (κ2) is 9.26. The summed E-state index contributed by atoms with van der Waals surface area (Å²) in [6.07, 6.45) is 2.98. The molecule has 3 heteroatoms. The van der Waals surface area contributed by atoms with Crippen molar-refractivity contribution in [2.24, 2.45) is 0 Å². The number of carbonyl (C=O) groups excluding carboxylic acids is 1. The van der Waals surface area contributed by atoms with Gasteiger partial charge in [0.05, 0.1) is 6.04 Å². The zero-order valence-electron chi connectivity index (χ0n) is 15.8. The first-order chi connectivity index (χ1) is 12.1. The highest BCUT2D eigenvalue weighted by Crippen LogP contribution is 2.23. The Labute approximate surface area is 151 Å². The molecule has 2 rings (SSSR count). The van der Waals surface area contributed by atoms with Gasteiger partial charge in [-0.15, -0.1) is 0 Å². The van der Waals surface area contributed by atoms with Crippen LogP contribution in [-0.4, -0.2) is 6.03 Å². The number of aryl methyl sites for hydroxylation is 1. The van der Waals surface area contributed by atoms with Crippen molar-refractivity contribution >= 4 is 11.7 Å². The number of hydrogen-bond donors (Lipinski definition) is 2. The third kappa shape index (κ3) is 5.35. The molecule has 3 nitrogen and oxygen atoms in total. The van der Waals surface area contributed by atoms with Gasteiger partial charge >= 0.3 is 6.03 Å². The van der Waals surface area contributed by atoms with E-state index in [-0.39, 0.29) is 12.1 Å². The third-order valence-corrected chi connectivity index (χ3v) is 4.85. The van der Waals surface area contributed by atoms with Crippen LogP contribution in [0.5, 0.6) is 0 Å². The molecular weight excluding hydrogens is 308 g/mol. The molecule has 0 aromatic heterocycles. The van der Waals surface area contributed by atoms with Crippen LogP contribution in [0.1, 0.15) is 69.2 Å². The maximum atomic E-state index is 12.3. The van der Waals surface area contributed by atoms with Crippen molar-refractivity contribution < 1.29 is 4.79 Å². The van der Waals surface area contributed by atoms with Crippen LogP contribution in [0.4, 0.5) is 10.5 Å². The summed E-state index contributed by atoms with van der Waals surface area (Å²) in [6, 6.07) is 16.4. The van der Waals surface area contributed by atoms with E-state index in [0.29, 0.717) is 5.92 Å². The highest BCUT2D eigenvalue weighted by Gasteiger charge is 2.13. The van der Waals surface area contributed by atoms with E-state index in [2.05, 4.69) is 62.6 Å². The minimum atomic E-state index is -0.165. The van der Waals surface area contributed by atoms with Crippen LogP contribution >= 0.6 is 0 Å². The Morgan fingerprint density at radius 1 is 0.880 bits per heavy atom. The van der Waals surface area contributed by atoms with Crippen molar-refractivity contribution in [3.8, 4) is 0 Å². The number of amides is 2. The minimum absolute atomic E-state index is 0.0147. The van der Waals surface area contributed by atoms with Gasteiger partial charge in [-0.25, -0.2) is 4.79 Å². The van der Waals surface area contributed by atoms with E-state index in [0.717, 1.165) is 30.5 Å². The number of anilines is 1. The Morgan fingerprint density at radius 2 is 1.48 bits per heavy atom. The summed E-state index contributed by atoms with van der Waals surface area (Å²) in [5, 5.41) is 5.99. The minimum Gasteiger partial charge on any atom is -0.331 e. The van der Waals surface area contributed by atoms with Crippen molar-refractivity contribution in [3.05, 3.63) is 65.2 Å². The lowest BCUT2D eigenvalue weighted by molar-refractivity contribution is 0.248. The van der Waals surface area contributed by atoms with Gasteiger partial charge in [-0.1, -0.05) is 64.1 Å². The largest absolute Gasteiger partial charge is 0.331 e. The lowest BCUT2D eigenvalue weighted by atomic mass is 9.95. The van der Waals surface area contributed by atoms with Gasteiger partial charge in [-0.2, -0.15) is 0 Å². The Hall–Kier alpha value is -2.29. The van der Waals surface area contributed by atoms with E-state index in [1.165, 1.54) is 11.1 Å². The Bertz CT molecular complexity index is 661. The van der Waals surface area contributed by atoms with E-state index >= 15 is 0 Å². The van der Waals surface area contributed by atoms with Gasteiger partial charge in [0.15, 0.2) is 0 Å². The molecule has 2 aromatic carbocycles. The second-order valence-electron chi connectivity index (χ2n) is 6.59. The van der Waals surface area contributed by atoms with Crippen LogP contribution in [0.3, 0.4) is 0 Å². The molecular formula is C22H30N2O. The maximum Gasteiger partial charge on any atom is 0.319 e. The zero-order valence-corrected chi connectivity index (χ0v) is 15.8. The molecule has 25 heavy (non-hydrogen) atoms. The van der Waals surface area contributed by atoms with Crippen molar-refractivity contribution in [2.45, 2.75) is 58.9 Å². The Kier molecular flexibility index (Phi) is 7.05. The molecule has 2 atom stereocenters. The molecule has 2 N–H and O–H groups in total. The molecule has 0 fully saturated rings. The molecule has 0 aliphatic carbocycles. The quantitative estimate of drug-likeness (QED) is 0.635. The van der Waals surface area contributed by atoms with E-state index in [1.54, 1.807) is 0 Å². The molecule has 0 spiro atoms. The molecule has 2 aromatic rings. The molecule has 0 aliphatic rings. The predicted octanol–water partition coefficient (Wildman–Crippen LogP) is 6.04. The zero-order chi connectivity index (χ0) is 18.2. The molecule has 0 aliphatic heterocycles. The summed E-state index contributed by atoms with van der Waals surface area (Å²) in [6.45, 7) is 8.64. The van der Waals surface area contributed by atoms with Gasteiger partial charge in [-0.05, 0) is 54.0 Å². The summed E-state index contributed by atoms with van der Waals surface area (Å²) in [5.41, 5.74) is 4.57. The van der Waals surface area contributed by atoms with E-state index in [1.807, 2.05) is 24.3 Å². The van der Waals surface area contributed by atoms with Crippen molar-refractivity contribution in [1.82, 2.24) is 5.32 Å². The molecule has 134 valence electrons. The van der Waals surface area contributed by atoms with Crippen LogP contribution in [0, 0.1) is 0 Å². The number of carbonyl (C=O) groups is 1. The number of benzene rings is 2. The standard InChI is InChI=1S/C22H30N2O/c1-5-16(4)18-10-12-19(13-11-18)21(7-3)24-22(25)23-20-14-8-17(6-2)9-15-20/h8-16,21H,5-7H2,1-4H3,(H2,23,24,25). The number of hydrogen-bond acceptors (Lipinski definition) is 1. The summed E-state index contributed by atoms with van der Waals surface area (Å²) in [7, 11) is 0. The smallest absolute Gasteiger partial charge is 0.319 e. The fourth-order valence-electron chi connectivity index (χ4n) is 2.86. The van der Waals surface area contributed by atoms with Crippen LogP contribution in [0.25, 0.3) is 0 Å². The van der Waals surface area contributed by atoms with Crippen LogP contribution in [0.2, 0.25) is 0 Å². The van der Waals surface area contributed by atoms with E-state index in [9.17, 15) is 4.79 Å². The predicted molar refractivity (Wildman–Crippen MR) is 106 cm³/mol. The van der Waals surface area contributed by atoms with Crippen molar-refractivity contribution in [2.75, 3.05) is 5.32 Å². The number of urea groups is 1. The molecule has 0 saturated carbocycles. The molecule has 2 amide bonds. The maximum absolute atomic E-state index is 12.3. The second-order valence-corrected chi connectivity index (χ2v) is 6.59. The first-order valence-corrected chi connectivity index (χ1v) is 9.33. The van der Waals surface area contributed by atoms with Gasteiger partial charge in [0.25, 0.3) is 0 Å². The number of rotatable bonds is 7. The molecule has 2 unspecified atom stereocenters. The van der Waals surface area contributed by atoms with E-state index < -0.39 is 0 Å². The summed E-state index contributed by atoms with van der Waals surface area (Å²) >= 11 is 0. The Balaban J connectivity index is 1.99. The highest BCUT2D eigenvalue weighted by molar-refractivity contribution is 5.89. The van der Waals surface area contributed by atoms with Gasteiger partial charge in [0.1, 0.15) is 0 Å². The fourth-order valence-corrected chi connectivity index (χ4v) is 2.86. The van der Waals surface area contributed by atoms with Crippen LogP contribution in [-0.2, 0) is 6.42 Å². The molecule has 0 heterocycles. The first-order valence-electron chi connectivity index (χ1n) is 9.33. The lowest BCUT2D eigenvalue weighted by Gasteiger charge is -2.19. The van der Waals surface area contributed by atoms with Crippen LogP contribution in [0.15, 0.2) is 48.5 Å². The highest BCUT2D eigenvalue weighted by atomic mass is 16.2. The fraction of sp³-hybridized carbons (Fsp3) is 0.409. The lowest BCUT2D eigenvalue weighted by Crippen LogP contribution is -2.32. The van der Waals surface area contributed by atoms with Crippen molar-refractivity contribution in [3.63, 3.8) is 0 Å². The third-order valence-electron chi connectivity index (χ3n) is 4.85. The topological polar surface area (TPSA) is 41.1 Å².